The van der Waals surface area contributed by atoms with Crippen molar-refractivity contribution in [1.29, 1.82) is 0 Å². The SMILES string of the molecule is Cn1c(COc2ccccc2)nnc1SC/C=C/c1ccccc1. The highest BCUT2D eigenvalue weighted by Crippen LogP contribution is 2.17. The topological polar surface area (TPSA) is 39.9 Å². The molecule has 5 heteroatoms. The van der Waals surface area contributed by atoms with Gasteiger partial charge in [-0.05, 0) is 17.7 Å². The minimum absolute atomic E-state index is 0.411. The van der Waals surface area contributed by atoms with Gasteiger partial charge in [0.15, 0.2) is 11.0 Å². The maximum atomic E-state index is 5.72. The summed E-state index contributed by atoms with van der Waals surface area (Å²) in [6.07, 6.45) is 4.25. The lowest BCUT2D eigenvalue weighted by molar-refractivity contribution is 0.290. The minimum Gasteiger partial charge on any atom is -0.486 e. The zero-order valence-corrected chi connectivity index (χ0v) is 14.3. The summed E-state index contributed by atoms with van der Waals surface area (Å²) < 4.78 is 7.70. The quantitative estimate of drug-likeness (QED) is 0.606. The average Bonchev–Trinajstić information content (AvgIpc) is 2.99. The molecule has 0 bridgehead atoms. The van der Waals surface area contributed by atoms with Crippen molar-refractivity contribution in [3.05, 3.63) is 78.1 Å². The van der Waals surface area contributed by atoms with Crippen molar-refractivity contribution in [2.75, 3.05) is 5.75 Å². The van der Waals surface area contributed by atoms with E-state index in [1.54, 1.807) is 11.8 Å². The van der Waals surface area contributed by atoms with Crippen LogP contribution in [0.1, 0.15) is 11.4 Å². The lowest BCUT2D eigenvalue weighted by atomic mass is 10.2. The Balaban J connectivity index is 1.52. The van der Waals surface area contributed by atoms with Gasteiger partial charge in [-0.1, -0.05) is 72.4 Å². The van der Waals surface area contributed by atoms with Crippen LogP contribution < -0.4 is 4.74 Å². The van der Waals surface area contributed by atoms with Crippen LogP contribution in [-0.2, 0) is 13.7 Å². The highest BCUT2D eigenvalue weighted by molar-refractivity contribution is 7.99. The van der Waals surface area contributed by atoms with Gasteiger partial charge in [0.25, 0.3) is 0 Å². The molecule has 0 saturated heterocycles. The third-order valence-electron chi connectivity index (χ3n) is 3.45. The zero-order chi connectivity index (χ0) is 16.6. The van der Waals surface area contributed by atoms with Crippen molar-refractivity contribution in [2.45, 2.75) is 11.8 Å². The fourth-order valence-corrected chi connectivity index (χ4v) is 2.87. The van der Waals surface area contributed by atoms with E-state index in [2.05, 4.69) is 34.5 Å². The van der Waals surface area contributed by atoms with E-state index < -0.39 is 0 Å². The number of para-hydroxylation sites is 1. The normalized spacial score (nSPS) is 11.0. The Morgan fingerprint density at radius 2 is 1.71 bits per heavy atom. The first-order valence-electron chi connectivity index (χ1n) is 7.73. The summed E-state index contributed by atoms with van der Waals surface area (Å²) in [6, 6.07) is 20.0. The predicted molar refractivity (Wildman–Crippen MR) is 98.0 cm³/mol. The second-order valence-electron chi connectivity index (χ2n) is 5.18. The van der Waals surface area contributed by atoms with Gasteiger partial charge < -0.3 is 9.30 Å². The molecular weight excluding hydrogens is 318 g/mol. The van der Waals surface area contributed by atoms with Crippen molar-refractivity contribution in [2.24, 2.45) is 7.05 Å². The summed E-state index contributed by atoms with van der Waals surface area (Å²) in [7, 11) is 1.97. The molecule has 0 N–H and O–H groups in total. The van der Waals surface area contributed by atoms with Gasteiger partial charge in [0, 0.05) is 12.8 Å². The Morgan fingerprint density at radius 3 is 2.46 bits per heavy atom. The van der Waals surface area contributed by atoms with Crippen LogP contribution in [0.4, 0.5) is 0 Å². The van der Waals surface area contributed by atoms with Crippen molar-refractivity contribution in [3.63, 3.8) is 0 Å². The van der Waals surface area contributed by atoms with Crippen LogP contribution in [-0.4, -0.2) is 20.5 Å². The van der Waals surface area contributed by atoms with Gasteiger partial charge in [-0.3, -0.25) is 0 Å². The first-order chi connectivity index (χ1) is 11.8. The highest BCUT2D eigenvalue weighted by atomic mass is 32.2. The molecule has 0 atom stereocenters. The maximum Gasteiger partial charge on any atom is 0.191 e. The molecule has 0 aliphatic rings. The zero-order valence-electron chi connectivity index (χ0n) is 13.5. The van der Waals surface area contributed by atoms with E-state index in [0.717, 1.165) is 22.5 Å². The van der Waals surface area contributed by atoms with Crippen LogP contribution in [0.5, 0.6) is 5.75 Å². The molecule has 2 aromatic carbocycles. The maximum absolute atomic E-state index is 5.72. The van der Waals surface area contributed by atoms with Gasteiger partial charge in [0.1, 0.15) is 12.4 Å². The Bertz CT molecular complexity index is 785. The van der Waals surface area contributed by atoms with Gasteiger partial charge in [-0.2, -0.15) is 0 Å². The smallest absolute Gasteiger partial charge is 0.191 e. The molecule has 0 saturated carbocycles. The van der Waals surface area contributed by atoms with E-state index in [0.29, 0.717) is 6.61 Å². The summed E-state index contributed by atoms with van der Waals surface area (Å²) in [4.78, 5) is 0. The molecule has 0 unspecified atom stereocenters. The third-order valence-corrected chi connectivity index (χ3v) is 4.43. The van der Waals surface area contributed by atoms with E-state index in [-0.39, 0.29) is 0 Å². The van der Waals surface area contributed by atoms with Gasteiger partial charge in [0.2, 0.25) is 0 Å². The molecule has 0 aliphatic heterocycles. The number of rotatable bonds is 7. The first-order valence-corrected chi connectivity index (χ1v) is 8.72. The fraction of sp³-hybridized carbons (Fsp3) is 0.158. The van der Waals surface area contributed by atoms with Crippen LogP contribution >= 0.6 is 11.8 Å². The summed E-state index contributed by atoms with van der Waals surface area (Å²) >= 11 is 1.66. The van der Waals surface area contributed by atoms with Crippen molar-refractivity contribution < 1.29 is 4.74 Å². The average molecular weight is 337 g/mol. The lowest BCUT2D eigenvalue weighted by Gasteiger charge is -2.05. The third kappa shape index (κ3) is 4.49. The molecule has 0 fully saturated rings. The van der Waals surface area contributed by atoms with Crippen LogP contribution in [0.2, 0.25) is 0 Å². The van der Waals surface area contributed by atoms with Crippen LogP contribution in [0.15, 0.2) is 71.9 Å². The number of hydrogen-bond donors (Lipinski definition) is 0. The molecule has 122 valence electrons. The van der Waals surface area contributed by atoms with E-state index in [1.807, 2.05) is 60.1 Å². The van der Waals surface area contributed by atoms with Crippen LogP contribution in [0.3, 0.4) is 0 Å². The molecule has 3 rings (SSSR count). The largest absolute Gasteiger partial charge is 0.486 e. The van der Waals surface area contributed by atoms with Crippen molar-refractivity contribution in [3.8, 4) is 5.75 Å². The monoisotopic (exact) mass is 337 g/mol. The Labute approximate surface area is 146 Å². The molecule has 24 heavy (non-hydrogen) atoms. The van der Waals surface area contributed by atoms with Gasteiger partial charge in [0.05, 0.1) is 0 Å². The molecule has 0 radical (unpaired) electrons. The number of ether oxygens (including phenoxy) is 1. The predicted octanol–water partition coefficient (Wildman–Crippen LogP) is 4.20. The molecule has 0 amide bonds. The summed E-state index contributed by atoms with van der Waals surface area (Å²) in [5.41, 5.74) is 1.20. The molecule has 3 aromatic rings. The summed E-state index contributed by atoms with van der Waals surface area (Å²) in [6.45, 7) is 0.411. The number of benzene rings is 2. The minimum atomic E-state index is 0.411. The first kappa shape index (κ1) is 16.3. The van der Waals surface area contributed by atoms with Crippen LogP contribution in [0, 0.1) is 0 Å². The molecule has 1 aromatic heterocycles. The van der Waals surface area contributed by atoms with Gasteiger partial charge in [-0.15, -0.1) is 10.2 Å². The summed E-state index contributed by atoms with van der Waals surface area (Å²) in [5.74, 6) is 2.49. The molecule has 0 aliphatic carbocycles. The number of thioether (sulfide) groups is 1. The van der Waals surface area contributed by atoms with Gasteiger partial charge >= 0.3 is 0 Å². The highest BCUT2D eigenvalue weighted by Gasteiger charge is 2.09. The Morgan fingerprint density at radius 1 is 1.00 bits per heavy atom. The summed E-state index contributed by atoms with van der Waals surface area (Å²) in [5, 5.41) is 9.33. The molecule has 0 spiro atoms. The van der Waals surface area contributed by atoms with Crippen molar-refractivity contribution in [1.82, 2.24) is 14.8 Å². The molecule has 4 nitrogen and oxygen atoms in total. The van der Waals surface area contributed by atoms with E-state index in [4.69, 9.17) is 4.74 Å². The number of aromatic nitrogens is 3. The molecular formula is C19H19N3OS. The molecule has 1 heterocycles. The Kier molecular flexibility index (Phi) is 5.69. The van der Waals surface area contributed by atoms with Crippen molar-refractivity contribution >= 4 is 17.8 Å². The van der Waals surface area contributed by atoms with E-state index >= 15 is 0 Å². The van der Waals surface area contributed by atoms with Gasteiger partial charge in [-0.25, -0.2) is 0 Å². The number of nitrogens with zero attached hydrogens (tertiary/aromatic N) is 3. The van der Waals surface area contributed by atoms with Crippen LogP contribution in [0.25, 0.3) is 6.08 Å². The van der Waals surface area contributed by atoms with E-state index in [9.17, 15) is 0 Å². The fourth-order valence-electron chi connectivity index (χ4n) is 2.13. The number of hydrogen-bond acceptors (Lipinski definition) is 4. The Hall–Kier alpha value is -2.53. The standard InChI is InChI=1S/C19H19N3OS/c1-22-18(15-23-17-12-6-3-7-13-17)20-21-19(22)24-14-8-11-16-9-4-2-5-10-16/h2-13H,14-15H2,1H3/b11-8+. The van der Waals surface area contributed by atoms with E-state index in [1.165, 1.54) is 5.56 Å². The lowest BCUT2D eigenvalue weighted by Crippen LogP contribution is -2.04. The second-order valence-corrected chi connectivity index (χ2v) is 6.17. The second kappa shape index (κ2) is 8.36.